The Labute approximate surface area is 61.5 Å². The molecule has 0 aromatic heterocycles. The van der Waals surface area contributed by atoms with E-state index in [1.165, 1.54) is 12.8 Å². The molecule has 0 saturated carbocycles. The average Bonchev–Trinajstić information content (AvgIpc) is 2.59. The van der Waals surface area contributed by atoms with Crippen molar-refractivity contribution in [1.29, 1.82) is 0 Å². The maximum absolute atomic E-state index is 5.14. The summed E-state index contributed by atoms with van der Waals surface area (Å²) in [4.78, 5) is 0. The zero-order valence-electron chi connectivity index (χ0n) is 6.38. The lowest BCUT2D eigenvalue weighted by atomic mass is 10.0. The monoisotopic (exact) mass is 142 g/mol. The minimum Gasteiger partial charge on any atom is -0.373 e. The summed E-state index contributed by atoms with van der Waals surface area (Å²) in [6, 6.07) is 0. The smallest absolute Gasteiger partial charge is 0.0812 e. The van der Waals surface area contributed by atoms with Crippen molar-refractivity contribution >= 4 is 0 Å². The van der Waals surface area contributed by atoms with Crippen LogP contribution in [0, 0.1) is 5.92 Å². The molecule has 2 heteroatoms. The van der Waals surface area contributed by atoms with Gasteiger partial charge in [-0.05, 0) is 18.8 Å². The summed E-state index contributed by atoms with van der Waals surface area (Å²) >= 11 is 0. The first-order valence-corrected chi connectivity index (χ1v) is 4.08. The normalized spacial score (nSPS) is 39.3. The molecule has 2 unspecified atom stereocenters. The summed E-state index contributed by atoms with van der Waals surface area (Å²) in [6.07, 6.45) is 3.65. The number of hydrogen-bond donors (Lipinski definition) is 0. The topological polar surface area (TPSA) is 25.1 Å². The lowest BCUT2D eigenvalue weighted by Crippen LogP contribution is -2.02. The van der Waals surface area contributed by atoms with Crippen molar-refractivity contribution < 1.29 is 9.47 Å². The molecular weight excluding hydrogens is 128 g/mol. The largest absolute Gasteiger partial charge is 0.373 e. The molecule has 0 N–H and O–H groups in total. The zero-order valence-corrected chi connectivity index (χ0v) is 6.38. The molecular formula is C8H14O2. The first-order chi connectivity index (χ1) is 4.84. The van der Waals surface area contributed by atoms with Gasteiger partial charge in [0.25, 0.3) is 0 Å². The third kappa shape index (κ3) is 1.96. The molecule has 2 heterocycles. The van der Waals surface area contributed by atoms with E-state index >= 15 is 0 Å². The number of rotatable bonds is 4. The van der Waals surface area contributed by atoms with Gasteiger partial charge in [-0.3, -0.25) is 0 Å². The molecule has 2 nitrogen and oxygen atoms in total. The van der Waals surface area contributed by atoms with Gasteiger partial charge < -0.3 is 9.47 Å². The number of hydrogen-bond acceptors (Lipinski definition) is 2. The van der Waals surface area contributed by atoms with Crippen LogP contribution in [0.15, 0.2) is 0 Å². The van der Waals surface area contributed by atoms with Gasteiger partial charge in [-0.15, -0.1) is 0 Å². The first kappa shape index (κ1) is 6.62. The fourth-order valence-corrected chi connectivity index (χ4v) is 1.40. The van der Waals surface area contributed by atoms with Crippen LogP contribution in [0.5, 0.6) is 0 Å². The van der Waals surface area contributed by atoms with Gasteiger partial charge in [0.05, 0.1) is 25.4 Å². The van der Waals surface area contributed by atoms with E-state index in [-0.39, 0.29) is 0 Å². The van der Waals surface area contributed by atoms with Gasteiger partial charge >= 0.3 is 0 Å². The molecule has 0 radical (unpaired) electrons. The van der Waals surface area contributed by atoms with E-state index in [1.807, 2.05) is 0 Å². The SMILES string of the molecule is CC(CC1CO1)CC1CO1. The predicted octanol–water partition coefficient (Wildman–Crippen LogP) is 1.20. The van der Waals surface area contributed by atoms with E-state index in [0.29, 0.717) is 12.2 Å². The van der Waals surface area contributed by atoms with E-state index in [1.54, 1.807) is 0 Å². The van der Waals surface area contributed by atoms with Gasteiger partial charge in [0.1, 0.15) is 0 Å². The Balaban J connectivity index is 1.60. The van der Waals surface area contributed by atoms with Crippen molar-refractivity contribution in [2.45, 2.75) is 32.0 Å². The molecule has 0 amide bonds. The van der Waals surface area contributed by atoms with Crippen LogP contribution in [0.4, 0.5) is 0 Å². The Morgan fingerprint density at radius 2 is 1.60 bits per heavy atom. The predicted molar refractivity (Wildman–Crippen MR) is 37.9 cm³/mol. The van der Waals surface area contributed by atoms with Gasteiger partial charge in [-0.1, -0.05) is 6.92 Å². The maximum Gasteiger partial charge on any atom is 0.0812 e. The molecule has 2 fully saturated rings. The lowest BCUT2D eigenvalue weighted by Gasteiger charge is -2.05. The van der Waals surface area contributed by atoms with Crippen molar-refractivity contribution in [3.8, 4) is 0 Å². The van der Waals surface area contributed by atoms with Crippen molar-refractivity contribution in [3.05, 3.63) is 0 Å². The second kappa shape index (κ2) is 2.51. The summed E-state index contributed by atoms with van der Waals surface area (Å²) in [5.41, 5.74) is 0. The molecule has 10 heavy (non-hydrogen) atoms. The molecule has 2 saturated heterocycles. The van der Waals surface area contributed by atoms with Crippen molar-refractivity contribution in [2.75, 3.05) is 13.2 Å². The van der Waals surface area contributed by atoms with Gasteiger partial charge in [0.15, 0.2) is 0 Å². The summed E-state index contributed by atoms with van der Waals surface area (Å²) < 4.78 is 10.3. The molecule has 2 atom stereocenters. The quantitative estimate of drug-likeness (QED) is 0.551. The molecule has 2 rings (SSSR count). The van der Waals surface area contributed by atoms with E-state index in [0.717, 1.165) is 19.1 Å². The molecule has 0 spiro atoms. The first-order valence-electron chi connectivity index (χ1n) is 4.08. The fourth-order valence-electron chi connectivity index (χ4n) is 1.40. The third-order valence-electron chi connectivity index (χ3n) is 2.14. The highest BCUT2D eigenvalue weighted by Crippen LogP contribution is 2.26. The summed E-state index contributed by atoms with van der Waals surface area (Å²) in [6.45, 7) is 4.27. The van der Waals surface area contributed by atoms with E-state index < -0.39 is 0 Å². The van der Waals surface area contributed by atoms with E-state index in [4.69, 9.17) is 9.47 Å². The minimum atomic E-state index is 0.591. The van der Waals surface area contributed by atoms with Crippen LogP contribution in [0.25, 0.3) is 0 Å². The summed E-state index contributed by atoms with van der Waals surface area (Å²) in [5, 5.41) is 0. The Bertz CT molecular complexity index is 102. The molecule has 2 aliphatic rings. The molecule has 0 aromatic rings. The van der Waals surface area contributed by atoms with Crippen LogP contribution in [-0.2, 0) is 9.47 Å². The van der Waals surface area contributed by atoms with Gasteiger partial charge in [0.2, 0.25) is 0 Å². The van der Waals surface area contributed by atoms with Crippen LogP contribution < -0.4 is 0 Å². The number of epoxide rings is 2. The van der Waals surface area contributed by atoms with Gasteiger partial charge in [0, 0.05) is 0 Å². The number of ether oxygens (including phenoxy) is 2. The highest BCUT2D eigenvalue weighted by molar-refractivity contribution is 4.77. The molecule has 2 aliphatic heterocycles. The van der Waals surface area contributed by atoms with E-state index in [2.05, 4.69) is 6.92 Å². The second-order valence-corrected chi connectivity index (χ2v) is 3.49. The van der Waals surface area contributed by atoms with Gasteiger partial charge in [-0.2, -0.15) is 0 Å². The molecule has 0 aliphatic carbocycles. The van der Waals surface area contributed by atoms with Crippen LogP contribution >= 0.6 is 0 Å². The Morgan fingerprint density at radius 3 is 1.90 bits per heavy atom. The van der Waals surface area contributed by atoms with E-state index in [9.17, 15) is 0 Å². The van der Waals surface area contributed by atoms with Crippen molar-refractivity contribution in [3.63, 3.8) is 0 Å². The second-order valence-electron chi connectivity index (χ2n) is 3.49. The highest BCUT2D eigenvalue weighted by atomic mass is 16.6. The van der Waals surface area contributed by atoms with Crippen LogP contribution in [0.3, 0.4) is 0 Å². The fraction of sp³-hybridized carbons (Fsp3) is 1.00. The standard InChI is InChI=1S/C8H14O2/c1-6(2-7-4-9-7)3-8-5-10-8/h6-8H,2-5H2,1H3. The van der Waals surface area contributed by atoms with Gasteiger partial charge in [-0.25, -0.2) is 0 Å². The minimum absolute atomic E-state index is 0.591. The van der Waals surface area contributed by atoms with Crippen LogP contribution in [-0.4, -0.2) is 25.4 Å². The third-order valence-corrected chi connectivity index (χ3v) is 2.14. The van der Waals surface area contributed by atoms with Crippen LogP contribution in [0.1, 0.15) is 19.8 Å². The van der Waals surface area contributed by atoms with Crippen molar-refractivity contribution in [1.82, 2.24) is 0 Å². The Morgan fingerprint density at radius 1 is 1.20 bits per heavy atom. The molecule has 58 valence electrons. The average molecular weight is 142 g/mol. The Hall–Kier alpha value is -0.0800. The Kier molecular flexibility index (Phi) is 1.66. The van der Waals surface area contributed by atoms with Crippen molar-refractivity contribution in [2.24, 2.45) is 5.92 Å². The molecule has 0 bridgehead atoms. The zero-order chi connectivity index (χ0) is 6.97. The lowest BCUT2D eigenvalue weighted by molar-refractivity contribution is 0.320. The maximum atomic E-state index is 5.14. The summed E-state index contributed by atoms with van der Waals surface area (Å²) in [5.74, 6) is 0.792. The highest BCUT2D eigenvalue weighted by Gasteiger charge is 2.29. The van der Waals surface area contributed by atoms with Crippen LogP contribution in [0.2, 0.25) is 0 Å². The molecule has 0 aromatic carbocycles. The summed E-state index contributed by atoms with van der Waals surface area (Å²) in [7, 11) is 0.